The number of fused-ring (bicyclic) bond motifs is 2. The summed E-state index contributed by atoms with van der Waals surface area (Å²) in [5.41, 5.74) is 4.50. The van der Waals surface area contributed by atoms with E-state index in [-0.39, 0.29) is 0 Å². The first-order valence-electron chi connectivity index (χ1n) is 13.1. The summed E-state index contributed by atoms with van der Waals surface area (Å²) >= 11 is 0. The number of nitrogens with one attached hydrogen (secondary N) is 1. The third-order valence-corrected chi connectivity index (χ3v) is 7.72. The third-order valence-electron chi connectivity index (χ3n) is 7.72. The Morgan fingerprint density at radius 3 is 2.32 bits per heavy atom. The molecule has 38 heavy (non-hydrogen) atoms. The van der Waals surface area contributed by atoms with Crippen LogP contribution in [0.4, 0.5) is 5.82 Å². The summed E-state index contributed by atoms with van der Waals surface area (Å²) in [6, 6.07) is 25.3. The van der Waals surface area contributed by atoms with Gasteiger partial charge in [-0.05, 0) is 72.8 Å². The molecule has 2 aromatic heterocycles. The lowest BCUT2D eigenvalue weighted by Gasteiger charge is -2.32. The molecule has 1 N–H and O–H groups in total. The Kier molecular flexibility index (Phi) is 6.60. The molecule has 1 fully saturated rings. The smallest absolute Gasteiger partial charge is 0.156 e. The van der Waals surface area contributed by atoms with Crippen LogP contribution >= 0.6 is 0 Å². The number of anilines is 1. The predicted molar refractivity (Wildman–Crippen MR) is 153 cm³/mol. The van der Waals surface area contributed by atoms with Gasteiger partial charge >= 0.3 is 0 Å². The normalized spacial score (nSPS) is 14.7. The van der Waals surface area contributed by atoms with Gasteiger partial charge < -0.3 is 19.4 Å². The van der Waals surface area contributed by atoms with E-state index in [0.717, 1.165) is 71.8 Å². The summed E-state index contributed by atoms with van der Waals surface area (Å²) in [6.07, 6.45) is 2.11. The quantitative estimate of drug-likeness (QED) is 0.297. The summed E-state index contributed by atoms with van der Waals surface area (Å²) in [4.78, 5) is 2.55. The standard InChI is InChI=1S/C31H33N5O2/c1-35-24(18-22-6-4-5-7-29(22)35)20-36-16-14-23(15-17-36)32-31-28-19-26(38-3)12-13-27(28)30(33-34-31)21-8-10-25(37-2)11-9-21/h4-13,18-19,23H,14-17,20H2,1-3H3,(H,32,34). The molecule has 5 aromatic rings. The fourth-order valence-corrected chi connectivity index (χ4v) is 5.48. The van der Waals surface area contributed by atoms with Crippen molar-refractivity contribution in [2.45, 2.75) is 25.4 Å². The van der Waals surface area contributed by atoms with E-state index >= 15 is 0 Å². The summed E-state index contributed by atoms with van der Waals surface area (Å²) in [5, 5.41) is 16.4. The lowest BCUT2D eigenvalue weighted by atomic mass is 10.0. The van der Waals surface area contributed by atoms with Crippen LogP contribution < -0.4 is 14.8 Å². The Morgan fingerprint density at radius 1 is 0.842 bits per heavy atom. The fourth-order valence-electron chi connectivity index (χ4n) is 5.48. The zero-order valence-electron chi connectivity index (χ0n) is 22.1. The second kappa shape index (κ2) is 10.3. The van der Waals surface area contributed by atoms with Crippen molar-refractivity contribution in [3.05, 3.63) is 78.5 Å². The van der Waals surface area contributed by atoms with Gasteiger partial charge in [-0.25, -0.2) is 0 Å². The lowest BCUT2D eigenvalue weighted by Crippen LogP contribution is -2.39. The van der Waals surface area contributed by atoms with Crippen LogP contribution in [-0.2, 0) is 13.6 Å². The third kappa shape index (κ3) is 4.65. The van der Waals surface area contributed by atoms with Crippen molar-refractivity contribution in [3.63, 3.8) is 0 Å². The number of hydrogen-bond acceptors (Lipinski definition) is 6. The molecule has 1 aliphatic heterocycles. The maximum absolute atomic E-state index is 5.54. The number of methoxy groups -OCH3 is 2. The maximum Gasteiger partial charge on any atom is 0.156 e. The van der Waals surface area contributed by atoms with E-state index < -0.39 is 0 Å². The molecule has 7 nitrogen and oxygen atoms in total. The number of benzene rings is 3. The van der Waals surface area contributed by atoms with Crippen molar-refractivity contribution < 1.29 is 9.47 Å². The number of piperidine rings is 1. The van der Waals surface area contributed by atoms with Crippen molar-refractivity contribution in [1.82, 2.24) is 19.7 Å². The second-order valence-electron chi connectivity index (χ2n) is 9.99. The number of ether oxygens (including phenoxy) is 2. The Labute approximate surface area is 223 Å². The van der Waals surface area contributed by atoms with Gasteiger partial charge in [0.25, 0.3) is 0 Å². The van der Waals surface area contributed by atoms with Gasteiger partial charge in [0.1, 0.15) is 17.2 Å². The van der Waals surface area contributed by atoms with Crippen molar-refractivity contribution in [2.75, 3.05) is 32.6 Å². The molecule has 1 saturated heterocycles. The van der Waals surface area contributed by atoms with Gasteiger partial charge in [0, 0.05) is 60.3 Å². The molecule has 3 aromatic carbocycles. The van der Waals surface area contributed by atoms with Gasteiger partial charge in [-0.15, -0.1) is 10.2 Å². The first kappa shape index (κ1) is 24.2. The number of aryl methyl sites for hydroxylation is 1. The topological polar surface area (TPSA) is 64.4 Å². The van der Waals surface area contributed by atoms with E-state index in [1.165, 1.54) is 16.6 Å². The van der Waals surface area contributed by atoms with E-state index in [1.54, 1.807) is 14.2 Å². The molecule has 0 aliphatic carbocycles. The van der Waals surface area contributed by atoms with Crippen molar-refractivity contribution in [2.24, 2.45) is 7.05 Å². The highest BCUT2D eigenvalue weighted by Crippen LogP contribution is 2.34. The number of para-hydroxylation sites is 1. The van der Waals surface area contributed by atoms with Crippen LogP contribution in [0.3, 0.4) is 0 Å². The van der Waals surface area contributed by atoms with Crippen LogP contribution in [0.25, 0.3) is 32.9 Å². The number of likely N-dealkylation sites (tertiary alicyclic amines) is 1. The first-order chi connectivity index (χ1) is 18.6. The van der Waals surface area contributed by atoms with E-state index in [9.17, 15) is 0 Å². The minimum atomic E-state index is 0.342. The maximum atomic E-state index is 5.54. The Morgan fingerprint density at radius 2 is 1.58 bits per heavy atom. The van der Waals surface area contributed by atoms with Crippen LogP contribution in [-0.4, -0.2) is 53.0 Å². The van der Waals surface area contributed by atoms with Crippen molar-refractivity contribution in [1.29, 1.82) is 0 Å². The summed E-state index contributed by atoms with van der Waals surface area (Å²) in [5.74, 6) is 2.43. The van der Waals surface area contributed by atoms with Gasteiger partial charge in [-0.1, -0.05) is 18.2 Å². The molecular formula is C31H33N5O2. The molecule has 7 heteroatoms. The number of rotatable bonds is 7. The van der Waals surface area contributed by atoms with Crippen molar-refractivity contribution in [3.8, 4) is 22.8 Å². The highest BCUT2D eigenvalue weighted by atomic mass is 16.5. The Hall–Kier alpha value is -4.10. The van der Waals surface area contributed by atoms with E-state index in [0.29, 0.717) is 6.04 Å². The molecule has 0 amide bonds. The minimum absolute atomic E-state index is 0.342. The number of hydrogen-bond donors (Lipinski definition) is 1. The summed E-state index contributed by atoms with van der Waals surface area (Å²) in [6.45, 7) is 3.05. The van der Waals surface area contributed by atoms with Crippen LogP contribution in [0, 0.1) is 0 Å². The van der Waals surface area contributed by atoms with Gasteiger partial charge in [-0.2, -0.15) is 0 Å². The highest BCUT2D eigenvalue weighted by Gasteiger charge is 2.22. The lowest BCUT2D eigenvalue weighted by molar-refractivity contribution is 0.207. The molecule has 0 atom stereocenters. The zero-order valence-corrected chi connectivity index (χ0v) is 22.1. The molecule has 0 spiro atoms. The molecule has 0 saturated carbocycles. The largest absolute Gasteiger partial charge is 0.497 e. The Bertz CT molecular complexity index is 1570. The minimum Gasteiger partial charge on any atom is -0.497 e. The SMILES string of the molecule is COc1ccc(-c2nnc(NC3CCN(Cc4cc5ccccc5n4C)CC3)c3cc(OC)ccc23)cc1. The molecule has 6 rings (SSSR count). The van der Waals surface area contributed by atoms with Crippen molar-refractivity contribution >= 4 is 27.5 Å². The van der Waals surface area contributed by atoms with E-state index in [4.69, 9.17) is 9.47 Å². The fraction of sp³-hybridized carbons (Fsp3) is 0.290. The summed E-state index contributed by atoms with van der Waals surface area (Å²) in [7, 11) is 5.53. The zero-order chi connectivity index (χ0) is 26.1. The first-order valence-corrected chi connectivity index (χ1v) is 13.1. The van der Waals surface area contributed by atoms with Gasteiger partial charge in [0.2, 0.25) is 0 Å². The van der Waals surface area contributed by atoms with Gasteiger partial charge in [0.15, 0.2) is 5.82 Å². The molecule has 194 valence electrons. The molecule has 1 aliphatic rings. The average molecular weight is 508 g/mol. The molecular weight excluding hydrogens is 474 g/mol. The highest BCUT2D eigenvalue weighted by molar-refractivity contribution is 6.00. The Balaban J connectivity index is 1.19. The van der Waals surface area contributed by atoms with Crippen LogP contribution in [0.15, 0.2) is 72.8 Å². The second-order valence-corrected chi connectivity index (χ2v) is 9.99. The number of aromatic nitrogens is 3. The van der Waals surface area contributed by atoms with Crippen LogP contribution in [0.2, 0.25) is 0 Å². The molecule has 0 radical (unpaired) electrons. The number of nitrogens with zero attached hydrogens (tertiary/aromatic N) is 4. The van der Waals surface area contributed by atoms with E-state index in [1.807, 2.05) is 30.3 Å². The summed E-state index contributed by atoms with van der Waals surface area (Å²) < 4.78 is 13.2. The average Bonchev–Trinajstić information content (AvgIpc) is 3.28. The predicted octanol–water partition coefficient (Wildman–Crippen LogP) is 5.88. The van der Waals surface area contributed by atoms with E-state index in [2.05, 4.69) is 74.5 Å². The molecule has 0 unspecified atom stereocenters. The van der Waals surface area contributed by atoms with Crippen LogP contribution in [0.1, 0.15) is 18.5 Å². The van der Waals surface area contributed by atoms with Crippen LogP contribution in [0.5, 0.6) is 11.5 Å². The van der Waals surface area contributed by atoms with Gasteiger partial charge in [-0.3, -0.25) is 4.90 Å². The monoisotopic (exact) mass is 507 g/mol. The molecule has 3 heterocycles. The van der Waals surface area contributed by atoms with Gasteiger partial charge in [0.05, 0.1) is 14.2 Å². The molecule has 0 bridgehead atoms.